The van der Waals surface area contributed by atoms with E-state index in [-0.39, 0.29) is 0 Å². The Bertz CT molecular complexity index is 674. The first-order valence-electron chi connectivity index (χ1n) is 7.14. The fourth-order valence-electron chi connectivity index (χ4n) is 3.16. The molecule has 0 spiro atoms. The van der Waals surface area contributed by atoms with Crippen LogP contribution in [0.4, 0.5) is 0 Å². The summed E-state index contributed by atoms with van der Waals surface area (Å²) in [5, 5.41) is 0. The molecule has 0 bridgehead atoms. The largest absolute Gasteiger partial charge is 0.300 e. The average Bonchev–Trinajstić information content (AvgIpc) is 2.87. The third-order valence-corrected chi connectivity index (χ3v) is 3.85. The number of rotatable bonds is 2. The molecule has 2 aromatic rings. The molecule has 0 saturated carbocycles. The fraction of sp³-hybridized carbons (Fsp3) is 0.278. The molecule has 2 nitrogen and oxygen atoms in total. The molecule has 0 radical (unpaired) electrons. The predicted octanol–water partition coefficient (Wildman–Crippen LogP) is 4.77. The Labute approximate surface area is 120 Å². The van der Waals surface area contributed by atoms with E-state index in [0.717, 1.165) is 17.8 Å². The zero-order valence-corrected chi connectivity index (χ0v) is 12.3. The molecule has 2 heteroatoms. The summed E-state index contributed by atoms with van der Waals surface area (Å²) >= 11 is 0. The highest BCUT2D eigenvalue weighted by Crippen LogP contribution is 2.34. The third kappa shape index (κ3) is 2.22. The summed E-state index contributed by atoms with van der Waals surface area (Å²) in [6.07, 6.45) is 7.43. The molecule has 1 aromatic heterocycles. The van der Waals surface area contributed by atoms with Gasteiger partial charge in [0.05, 0.1) is 0 Å². The number of benzene rings is 1. The lowest BCUT2D eigenvalue weighted by molar-refractivity contribution is 0.696. The molecular weight excluding hydrogens is 244 g/mol. The standard InChI is InChI=1S/C18H20N2/c1-13-11-14(2)17(15(3)12-13)20-10-9-19-18(20)16-7-5-4-6-8-16/h4-11,13H,12H2,1-3H3. The fourth-order valence-corrected chi connectivity index (χ4v) is 3.16. The molecule has 102 valence electrons. The summed E-state index contributed by atoms with van der Waals surface area (Å²) in [7, 11) is 0. The summed E-state index contributed by atoms with van der Waals surface area (Å²) in [5.74, 6) is 1.64. The van der Waals surface area contributed by atoms with Crippen molar-refractivity contribution in [3.8, 4) is 11.4 Å². The molecule has 1 aliphatic carbocycles. The second-order valence-corrected chi connectivity index (χ2v) is 5.65. The van der Waals surface area contributed by atoms with Crippen molar-refractivity contribution >= 4 is 5.70 Å². The molecule has 0 saturated heterocycles. The van der Waals surface area contributed by atoms with Gasteiger partial charge in [0, 0.05) is 23.7 Å². The normalized spacial score (nSPS) is 19.1. The number of aromatic nitrogens is 2. The first-order chi connectivity index (χ1) is 9.66. The molecule has 1 atom stereocenters. The maximum absolute atomic E-state index is 4.55. The van der Waals surface area contributed by atoms with Gasteiger partial charge in [0.15, 0.2) is 0 Å². The Hall–Kier alpha value is -2.09. The maximum atomic E-state index is 4.55. The van der Waals surface area contributed by atoms with Crippen LogP contribution in [0.25, 0.3) is 17.1 Å². The van der Waals surface area contributed by atoms with Gasteiger partial charge in [0.25, 0.3) is 0 Å². The quantitative estimate of drug-likeness (QED) is 0.764. The van der Waals surface area contributed by atoms with Crippen LogP contribution >= 0.6 is 0 Å². The average molecular weight is 264 g/mol. The van der Waals surface area contributed by atoms with Crippen LogP contribution in [0.5, 0.6) is 0 Å². The van der Waals surface area contributed by atoms with Gasteiger partial charge in [-0.25, -0.2) is 4.98 Å². The Morgan fingerprint density at radius 3 is 2.60 bits per heavy atom. The third-order valence-electron chi connectivity index (χ3n) is 3.85. The van der Waals surface area contributed by atoms with Crippen molar-refractivity contribution in [3.63, 3.8) is 0 Å². The van der Waals surface area contributed by atoms with Crippen molar-refractivity contribution in [2.45, 2.75) is 27.2 Å². The van der Waals surface area contributed by atoms with Crippen LogP contribution in [-0.2, 0) is 0 Å². The van der Waals surface area contributed by atoms with E-state index < -0.39 is 0 Å². The number of nitrogens with zero attached hydrogens (tertiary/aromatic N) is 2. The van der Waals surface area contributed by atoms with Gasteiger partial charge < -0.3 is 0 Å². The van der Waals surface area contributed by atoms with Crippen molar-refractivity contribution in [2.75, 3.05) is 0 Å². The molecular formula is C18H20N2. The molecule has 3 rings (SSSR count). The summed E-state index contributed by atoms with van der Waals surface area (Å²) in [5.41, 5.74) is 5.24. The zero-order chi connectivity index (χ0) is 14.1. The van der Waals surface area contributed by atoms with Gasteiger partial charge in [-0.3, -0.25) is 4.57 Å². The van der Waals surface area contributed by atoms with Crippen molar-refractivity contribution in [1.29, 1.82) is 0 Å². The van der Waals surface area contributed by atoms with Crippen LogP contribution in [0, 0.1) is 5.92 Å². The first-order valence-corrected chi connectivity index (χ1v) is 7.14. The first kappa shape index (κ1) is 12.9. The van der Waals surface area contributed by atoms with E-state index in [1.54, 1.807) is 0 Å². The van der Waals surface area contributed by atoms with Crippen molar-refractivity contribution in [2.24, 2.45) is 5.92 Å². The molecule has 1 unspecified atom stereocenters. The molecule has 0 N–H and O–H groups in total. The van der Waals surface area contributed by atoms with E-state index in [2.05, 4.69) is 66.9 Å². The minimum Gasteiger partial charge on any atom is -0.300 e. The van der Waals surface area contributed by atoms with Crippen LogP contribution < -0.4 is 0 Å². The van der Waals surface area contributed by atoms with Gasteiger partial charge in [-0.15, -0.1) is 0 Å². The summed E-state index contributed by atoms with van der Waals surface area (Å²) < 4.78 is 2.22. The van der Waals surface area contributed by atoms with Gasteiger partial charge in [-0.1, -0.05) is 43.3 Å². The van der Waals surface area contributed by atoms with Crippen LogP contribution in [0.1, 0.15) is 27.2 Å². The van der Waals surface area contributed by atoms with Crippen LogP contribution in [0.15, 0.2) is 59.9 Å². The van der Waals surface area contributed by atoms with Gasteiger partial charge in [-0.05, 0) is 37.3 Å². The minimum absolute atomic E-state index is 0.627. The van der Waals surface area contributed by atoms with E-state index in [4.69, 9.17) is 0 Å². The van der Waals surface area contributed by atoms with Gasteiger partial charge in [0.2, 0.25) is 0 Å². The summed E-state index contributed by atoms with van der Waals surface area (Å²) in [6, 6.07) is 10.4. The smallest absolute Gasteiger partial charge is 0.144 e. The Balaban J connectivity index is 2.12. The maximum Gasteiger partial charge on any atom is 0.144 e. The number of allylic oxidation sites excluding steroid dienone is 4. The van der Waals surface area contributed by atoms with E-state index in [1.165, 1.54) is 16.8 Å². The van der Waals surface area contributed by atoms with Crippen molar-refractivity contribution in [3.05, 3.63) is 59.9 Å². The monoisotopic (exact) mass is 264 g/mol. The molecule has 20 heavy (non-hydrogen) atoms. The lowest BCUT2D eigenvalue weighted by Gasteiger charge is -2.23. The highest BCUT2D eigenvalue weighted by Gasteiger charge is 2.18. The molecule has 0 fully saturated rings. The highest BCUT2D eigenvalue weighted by molar-refractivity contribution is 5.73. The summed E-state index contributed by atoms with van der Waals surface area (Å²) in [6.45, 7) is 6.70. The van der Waals surface area contributed by atoms with Gasteiger partial charge in [-0.2, -0.15) is 0 Å². The SMILES string of the molecule is CC1=CC(C)CC(C)=C1n1ccnc1-c1ccccc1. The molecule has 1 aliphatic rings. The van der Waals surface area contributed by atoms with Crippen molar-refractivity contribution in [1.82, 2.24) is 9.55 Å². The van der Waals surface area contributed by atoms with E-state index in [1.807, 2.05) is 12.3 Å². The van der Waals surface area contributed by atoms with E-state index >= 15 is 0 Å². The number of hydrogen-bond donors (Lipinski definition) is 0. The molecule has 0 aliphatic heterocycles. The Kier molecular flexibility index (Phi) is 3.31. The molecule has 1 aromatic carbocycles. The topological polar surface area (TPSA) is 17.8 Å². The highest BCUT2D eigenvalue weighted by atomic mass is 15.1. The number of hydrogen-bond acceptors (Lipinski definition) is 1. The Morgan fingerprint density at radius 2 is 1.90 bits per heavy atom. The lowest BCUT2D eigenvalue weighted by atomic mass is 9.90. The van der Waals surface area contributed by atoms with Crippen molar-refractivity contribution < 1.29 is 0 Å². The minimum atomic E-state index is 0.627. The summed E-state index contributed by atoms with van der Waals surface area (Å²) in [4.78, 5) is 4.55. The number of imidazole rings is 1. The van der Waals surface area contributed by atoms with Crippen LogP contribution in [0.2, 0.25) is 0 Å². The van der Waals surface area contributed by atoms with Gasteiger partial charge in [0.1, 0.15) is 5.82 Å². The second kappa shape index (κ2) is 5.12. The second-order valence-electron chi connectivity index (χ2n) is 5.65. The van der Waals surface area contributed by atoms with E-state index in [9.17, 15) is 0 Å². The lowest BCUT2D eigenvalue weighted by Crippen LogP contribution is -2.09. The van der Waals surface area contributed by atoms with E-state index in [0.29, 0.717) is 5.92 Å². The van der Waals surface area contributed by atoms with Crippen LogP contribution in [0.3, 0.4) is 0 Å². The predicted molar refractivity (Wildman–Crippen MR) is 84.1 cm³/mol. The Morgan fingerprint density at radius 1 is 1.15 bits per heavy atom. The van der Waals surface area contributed by atoms with Gasteiger partial charge >= 0.3 is 0 Å². The zero-order valence-electron chi connectivity index (χ0n) is 12.3. The van der Waals surface area contributed by atoms with Crippen LogP contribution in [-0.4, -0.2) is 9.55 Å². The molecule has 0 amide bonds. The molecule has 1 heterocycles.